The number of fused-ring (bicyclic) bond motifs is 1. The van der Waals surface area contributed by atoms with Crippen LogP contribution in [0.3, 0.4) is 0 Å². The molecule has 2 aromatic rings. The van der Waals surface area contributed by atoms with E-state index in [0.29, 0.717) is 17.8 Å². The standard InChI is InChI=1S/C22H28N4O2/c1-14-10-20(23-16-5-3-9-26(11-16)17-12-28-13-17)24-25-21(14)19-8-7-15-4-2-6-18(15)22(19)27/h7-8,10,16-17,27H,2-6,9,11-13H2,1H3,(H,23,24). The van der Waals surface area contributed by atoms with Crippen LogP contribution in [0.5, 0.6) is 5.75 Å². The Bertz CT molecular complexity index is 881. The van der Waals surface area contributed by atoms with Gasteiger partial charge in [0.05, 0.1) is 24.9 Å². The Kier molecular flexibility index (Phi) is 4.69. The molecule has 1 unspecified atom stereocenters. The van der Waals surface area contributed by atoms with E-state index in [2.05, 4.69) is 32.5 Å². The molecule has 1 aromatic heterocycles. The Labute approximate surface area is 165 Å². The van der Waals surface area contributed by atoms with Crippen LogP contribution in [0.4, 0.5) is 5.82 Å². The van der Waals surface area contributed by atoms with E-state index in [4.69, 9.17) is 4.74 Å². The molecule has 6 heteroatoms. The predicted octanol–water partition coefficient (Wildman–Crippen LogP) is 2.92. The summed E-state index contributed by atoms with van der Waals surface area (Å²) in [5.74, 6) is 1.21. The van der Waals surface area contributed by atoms with Crippen molar-refractivity contribution < 1.29 is 9.84 Å². The van der Waals surface area contributed by atoms with Gasteiger partial charge in [-0.1, -0.05) is 6.07 Å². The van der Waals surface area contributed by atoms with Crippen LogP contribution >= 0.6 is 0 Å². The number of piperidine rings is 1. The number of phenols is 1. The number of aromatic nitrogens is 2. The van der Waals surface area contributed by atoms with Gasteiger partial charge in [0.25, 0.3) is 0 Å². The maximum absolute atomic E-state index is 10.7. The van der Waals surface area contributed by atoms with Crippen molar-refractivity contribution in [1.82, 2.24) is 15.1 Å². The summed E-state index contributed by atoms with van der Waals surface area (Å²) in [6.45, 7) is 5.96. The van der Waals surface area contributed by atoms with Crippen molar-refractivity contribution in [3.63, 3.8) is 0 Å². The molecule has 5 rings (SSSR count). The minimum atomic E-state index is 0.388. The second-order valence-electron chi connectivity index (χ2n) is 8.38. The number of rotatable bonds is 4. The number of aryl methyl sites for hydroxylation is 2. The molecule has 3 aliphatic rings. The van der Waals surface area contributed by atoms with Crippen molar-refractivity contribution in [2.75, 3.05) is 31.6 Å². The van der Waals surface area contributed by atoms with E-state index in [1.165, 1.54) is 12.0 Å². The first-order chi connectivity index (χ1) is 13.7. The normalized spacial score (nSPS) is 22.7. The number of nitrogens with one attached hydrogen (secondary N) is 1. The Hall–Kier alpha value is -2.18. The fraction of sp³-hybridized carbons (Fsp3) is 0.545. The van der Waals surface area contributed by atoms with Gasteiger partial charge in [-0.2, -0.15) is 0 Å². The number of hydrogen-bond donors (Lipinski definition) is 2. The molecule has 0 bridgehead atoms. The topological polar surface area (TPSA) is 70.5 Å². The number of aromatic hydroxyl groups is 1. The van der Waals surface area contributed by atoms with Crippen molar-refractivity contribution in [1.29, 1.82) is 0 Å². The lowest BCUT2D eigenvalue weighted by atomic mass is 10.00. The molecule has 3 heterocycles. The van der Waals surface area contributed by atoms with Crippen LogP contribution in [-0.2, 0) is 17.6 Å². The highest BCUT2D eigenvalue weighted by atomic mass is 16.5. The summed E-state index contributed by atoms with van der Waals surface area (Å²) in [4.78, 5) is 2.53. The molecule has 0 saturated carbocycles. The summed E-state index contributed by atoms with van der Waals surface area (Å²) in [5, 5.41) is 23.2. The molecule has 2 saturated heterocycles. The Morgan fingerprint density at radius 3 is 2.86 bits per heavy atom. The van der Waals surface area contributed by atoms with E-state index >= 15 is 0 Å². The molecule has 1 aliphatic carbocycles. The third kappa shape index (κ3) is 3.25. The Balaban J connectivity index is 1.33. The molecule has 28 heavy (non-hydrogen) atoms. The van der Waals surface area contributed by atoms with Gasteiger partial charge in [0, 0.05) is 18.2 Å². The zero-order chi connectivity index (χ0) is 19.1. The maximum Gasteiger partial charge on any atom is 0.149 e. The van der Waals surface area contributed by atoms with Gasteiger partial charge in [-0.05, 0) is 74.4 Å². The van der Waals surface area contributed by atoms with Crippen LogP contribution in [0, 0.1) is 6.92 Å². The number of hydrogen-bond acceptors (Lipinski definition) is 6. The number of phenolic OH excluding ortho intramolecular Hbond substituents is 1. The minimum absolute atomic E-state index is 0.388. The fourth-order valence-corrected chi connectivity index (χ4v) is 4.76. The highest BCUT2D eigenvalue weighted by Gasteiger charge is 2.30. The van der Waals surface area contributed by atoms with Crippen molar-refractivity contribution in [3.05, 3.63) is 34.9 Å². The predicted molar refractivity (Wildman–Crippen MR) is 109 cm³/mol. The molecular formula is C22H28N4O2. The summed E-state index contributed by atoms with van der Waals surface area (Å²) in [6.07, 6.45) is 5.47. The average molecular weight is 380 g/mol. The Morgan fingerprint density at radius 2 is 2.07 bits per heavy atom. The van der Waals surface area contributed by atoms with Crippen molar-refractivity contribution in [2.45, 2.75) is 51.1 Å². The molecule has 2 aliphatic heterocycles. The van der Waals surface area contributed by atoms with Crippen LogP contribution in [0.25, 0.3) is 11.3 Å². The van der Waals surface area contributed by atoms with Crippen molar-refractivity contribution in [2.24, 2.45) is 0 Å². The van der Waals surface area contributed by atoms with Crippen LogP contribution in [-0.4, -0.2) is 58.6 Å². The van der Waals surface area contributed by atoms with Gasteiger partial charge in [0.1, 0.15) is 11.6 Å². The maximum atomic E-state index is 10.7. The highest BCUT2D eigenvalue weighted by Crippen LogP contribution is 2.38. The van der Waals surface area contributed by atoms with Gasteiger partial charge < -0.3 is 15.2 Å². The van der Waals surface area contributed by atoms with Gasteiger partial charge in [0.15, 0.2) is 0 Å². The van der Waals surface area contributed by atoms with E-state index < -0.39 is 0 Å². The second kappa shape index (κ2) is 7.33. The average Bonchev–Trinajstić information content (AvgIpc) is 3.12. The second-order valence-corrected chi connectivity index (χ2v) is 8.38. The quantitative estimate of drug-likeness (QED) is 0.850. The van der Waals surface area contributed by atoms with Crippen molar-refractivity contribution >= 4 is 5.82 Å². The number of benzene rings is 1. The lowest BCUT2D eigenvalue weighted by molar-refractivity contribution is -0.0710. The minimum Gasteiger partial charge on any atom is -0.507 e. The van der Waals surface area contributed by atoms with E-state index in [0.717, 1.165) is 80.2 Å². The molecule has 148 valence electrons. The molecule has 1 atom stereocenters. The zero-order valence-corrected chi connectivity index (χ0v) is 16.4. The van der Waals surface area contributed by atoms with Crippen LogP contribution in [0.2, 0.25) is 0 Å². The molecule has 6 nitrogen and oxygen atoms in total. The van der Waals surface area contributed by atoms with Gasteiger partial charge in [-0.3, -0.25) is 4.90 Å². The number of likely N-dealkylation sites (tertiary alicyclic amines) is 1. The van der Waals surface area contributed by atoms with Gasteiger partial charge in [0.2, 0.25) is 0 Å². The first-order valence-electron chi connectivity index (χ1n) is 10.5. The molecule has 1 aromatic carbocycles. The Morgan fingerprint density at radius 1 is 1.18 bits per heavy atom. The number of anilines is 1. The summed E-state index contributed by atoms with van der Waals surface area (Å²) in [7, 11) is 0. The molecule has 0 amide bonds. The smallest absolute Gasteiger partial charge is 0.149 e. The fourth-order valence-electron chi connectivity index (χ4n) is 4.76. The van der Waals surface area contributed by atoms with Crippen LogP contribution in [0.15, 0.2) is 18.2 Å². The van der Waals surface area contributed by atoms with Crippen LogP contribution < -0.4 is 5.32 Å². The molecule has 2 fully saturated rings. The molecular weight excluding hydrogens is 352 g/mol. The lowest BCUT2D eigenvalue weighted by Crippen LogP contribution is -2.54. The number of ether oxygens (including phenoxy) is 1. The lowest BCUT2D eigenvalue weighted by Gasteiger charge is -2.42. The molecule has 0 radical (unpaired) electrons. The SMILES string of the molecule is Cc1cc(NC2CCCN(C3COC3)C2)nnc1-c1ccc2c(c1O)CCC2. The third-order valence-electron chi connectivity index (χ3n) is 6.43. The van der Waals surface area contributed by atoms with Gasteiger partial charge in [-0.25, -0.2) is 0 Å². The van der Waals surface area contributed by atoms with Crippen molar-refractivity contribution in [3.8, 4) is 17.0 Å². The summed E-state index contributed by atoms with van der Waals surface area (Å²) < 4.78 is 5.35. The van der Waals surface area contributed by atoms with E-state index in [1.54, 1.807) is 0 Å². The monoisotopic (exact) mass is 380 g/mol. The molecule has 0 spiro atoms. The van der Waals surface area contributed by atoms with Gasteiger partial charge >= 0.3 is 0 Å². The first kappa shape index (κ1) is 17.9. The van der Waals surface area contributed by atoms with Crippen LogP contribution in [0.1, 0.15) is 36.0 Å². The summed E-state index contributed by atoms with van der Waals surface area (Å²) >= 11 is 0. The highest BCUT2D eigenvalue weighted by molar-refractivity contribution is 5.73. The number of nitrogens with zero attached hydrogens (tertiary/aromatic N) is 3. The van der Waals surface area contributed by atoms with Gasteiger partial charge in [-0.15, -0.1) is 10.2 Å². The summed E-state index contributed by atoms with van der Waals surface area (Å²) in [5.41, 5.74) is 4.96. The van der Waals surface area contributed by atoms with E-state index in [1.807, 2.05) is 13.0 Å². The summed E-state index contributed by atoms with van der Waals surface area (Å²) in [6, 6.07) is 7.15. The van der Waals surface area contributed by atoms with E-state index in [9.17, 15) is 5.11 Å². The largest absolute Gasteiger partial charge is 0.507 e. The first-order valence-corrected chi connectivity index (χ1v) is 10.5. The van der Waals surface area contributed by atoms with E-state index in [-0.39, 0.29) is 0 Å². The molecule has 2 N–H and O–H groups in total. The zero-order valence-electron chi connectivity index (χ0n) is 16.4. The third-order valence-corrected chi connectivity index (χ3v) is 6.43.